The molecule has 0 saturated heterocycles. The molecule has 49 heavy (non-hydrogen) atoms. The second-order valence-electron chi connectivity index (χ2n) is 11.3. The maximum Gasteiger partial charge on any atom is 0.142 e. The zero-order valence-corrected chi connectivity index (χ0v) is 30.0. The van der Waals surface area contributed by atoms with Crippen molar-refractivity contribution in [2.75, 3.05) is 125 Å². The second-order valence-corrected chi connectivity index (χ2v) is 11.3. The molecule has 0 amide bonds. The Morgan fingerprint density at radius 2 is 0.796 bits per heavy atom. The van der Waals surface area contributed by atoms with Crippen LogP contribution < -0.4 is 15.2 Å². The lowest BCUT2D eigenvalue weighted by Gasteiger charge is -2.10. The number of unbranched alkanes of at least 4 members (excludes halogenated alkanes) is 5. The predicted molar refractivity (Wildman–Crippen MR) is 192 cm³/mol. The van der Waals surface area contributed by atoms with Crippen molar-refractivity contribution >= 4 is 5.69 Å². The van der Waals surface area contributed by atoms with Gasteiger partial charge >= 0.3 is 0 Å². The number of ether oxygens (including phenoxy) is 10. The Bertz CT molecular complexity index is 981. The van der Waals surface area contributed by atoms with Gasteiger partial charge in [0.15, 0.2) is 0 Å². The van der Waals surface area contributed by atoms with Crippen LogP contribution in [-0.2, 0) is 44.3 Å². The van der Waals surface area contributed by atoms with Crippen LogP contribution in [0.25, 0.3) is 0 Å². The molecular weight excluding hydrogens is 630 g/mol. The topological polar surface area (TPSA) is 118 Å². The maximum atomic E-state index is 5.83. The number of anilines is 1. The first-order valence-electron chi connectivity index (χ1n) is 18.1. The van der Waals surface area contributed by atoms with Crippen molar-refractivity contribution in [1.29, 1.82) is 0 Å². The summed E-state index contributed by atoms with van der Waals surface area (Å²) in [4.78, 5) is 0. The van der Waals surface area contributed by atoms with E-state index < -0.39 is 0 Å². The summed E-state index contributed by atoms with van der Waals surface area (Å²) in [5.41, 5.74) is 7.82. The average Bonchev–Trinajstić information content (AvgIpc) is 3.12. The van der Waals surface area contributed by atoms with Crippen LogP contribution in [0.1, 0.15) is 51.0 Å². The molecule has 0 unspecified atom stereocenters. The van der Waals surface area contributed by atoms with Gasteiger partial charge in [0.05, 0.1) is 111 Å². The highest BCUT2D eigenvalue weighted by atomic mass is 16.6. The summed E-state index contributed by atoms with van der Waals surface area (Å²) in [5.74, 6) is 1.56. The Morgan fingerprint density at radius 3 is 1.24 bits per heavy atom. The van der Waals surface area contributed by atoms with E-state index in [1.165, 1.54) is 44.1 Å². The lowest BCUT2D eigenvalue weighted by molar-refractivity contribution is -0.0241. The van der Waals surface area contributed by atoms with Crippen LogP contribution in [0.3, 0.4) is 0 Å². The monoisotopic (exact) mass is 693 g/mol. The SMILES string of the molecule is CCCCCCCCc1ccc(OCCOCCOCCOCCOCCOCCOCCOCCOCCOc2ccccc2N)cc1. The average molecular weight is 694 g/mol. The van der Waals surface area contributed by atoms with Gasteiger partial charge in [0.2, 0.25) is 0 Å². The highest BCUT2D eigenvalue weighted by molar-refractivity contribution is 5.51. The van der Waals surface area contributed by atoms with Crippen LogP contribution in [0.2, 0.25) is 0 Å². The summed E-state index contributed by atoms with van der Waals surface area (Å²) in [7, 11) is 0. The number of benzene rings is 2. The van der Waals surface area contributed by atoms with Crippen LogP contribution in [0.4, 0.5) is 5.69 Å². The van der Waals surface area contributed by atoms with E-state index >= 15 is 0 Å². The van der Waals surface area contributed by atoms with Crippen molar-refractivity contribution in [2.45, 2.75) is 51.9 Å². The third-order valence-electron chi connectivity index (χ3n) is 7.25. The molecule has 11 nitrogen and oxygen atoms in total. The van der Waals surface area contributed by atoms with E-state index in [9.17, 15) is 0 Å². The third kappa shape index (κ3) is 26.1. The molecule has 280 valence electrons. The van der Waals surface area contributed by atoms with Crippen molar-refractivity contribution in [3.8, 4) is 11.5 Å². The van der Waals surface area contributed by atoms with E-state index in [0.29, 0.717) is 130 Å². The molecule has 0 heterocycles. The number of rotatable bonds is 36. The molecule has 0 aliphatic rings. The van der Waals surface area contributed by atoms with Crippen LogP contribution in [0.15, 0.2) is 48.5 Å². The van der Waals surface area contributed by atoms with Gasteiger partial charge in [-0.2, -0.15) is 0 Å². The summed E-state index contributed by atoms with van der Waals surface area (Å²) in [6.07, 6.45) is 9.09. The largest absolute Gasteiger partial charge is 0.491 e. The molecule has 0 bridgehead atoms. The van der Waals surface area contributed by atoms with E-state index in [0.717, 1.165) is 12.2 Å². The molecule has 2 N–H and O–H groups in total. The first kappa shape index (κ1) is 42.7. The quantitative estimate of drug-likeness (QED) is 0.0693. The number of hydrogen-bond acceptors (Lipinski definition) is 11. The van der Waals surface area contributed by atoms with Gasteiger partial charge in [0.25, 0.3) is 0 Å². The van der Waals surface area contributed by atoms with Gasteiger partial charge in [-0.25, -0.2) is 0 Å². The number of aryl methyl sites for hydroxylation is 1. The van der Waals surface area contributed by atoms with Gasteiger partial charge in [-0.05, 0) is 42.7 Å². The van der Waals surface area contributed by atoms with Gasteiger partial charge in [0.1, 0.15) is 24.7 Å². The summed E-state index contributed by atoms with van der Waals surface area (Å²) < 4.78 is 55.5. The summed E-state index contributed by atoms with van der Waals surface area (Å²) >= 11 is 0. The Balaban J connectivity index is 1.19. The molecule has 2 aromatic rings. The van der Waals surface area contributed by atoms with Crippen LogP contribution in [0, 0.1) is 0 Å². The van der Waals surface area contributed by atoms with E-state index in [1.54, 1.807) is 6.07 Å². The molecule has 0 fully saturated rings. The van der Waals surface area contributed by atoms with Crippen LogP contribution >= 0.6 is 0 Å². The second kappa shape index (κ2) is 32.7. The van der Waals surface area contributed by atoms with Crippen molar-refractivity contribution in [3.05, 3.63) is 54.1 Å². The fourth-order valence-electron chi connectivity index (χ4n) is 4.54. The highest BCUT2D eigenvalue weighted by Gasteiger charge is 2.00. The van der Waals surface area contributed by atoms with Gasteiger partial charge < -0.3 is 53.1 Å². The van der Waals surface area contributed by atoms with Crippen molar-refractivity contribution in [3.63, 3.8) is 0 Å². The maximum absolute atomic E-state index is 5.83. The summed E-state index contributed by atoms with van der Waals surface area (Å²) in [6.45, 7) is 11.4. The molecule has 0 aliphatic heterocycles. The molecule has 0 aromatic heterocycles. The molecule has 0 atom stereocenters. The van der Waals surface area contributed by atoms with Gasteiger partial charge in [-0.1, -0.05) is 63.3 Å². The lowest BCUT2D eigenvalue weighted by Crippen LogP contribution is -2.15. The number of nitrogens with two attached hydrogens (primary N) is 1. The van der Waals surface area contributed by atoms with E-state index in [1.807, 2.05) is 18.2 Å². The number of nitrogen functional groups attached to an aromatic ring is 1. The number of para-hydroxylation sites is 2. The summed E-state index contributed by atoms with van der Waals surface area (Å²) in [6, 6.07) is 15.8. The summed E-state index contributed by atoms with van der Waals surface area (Å²) in [5, 5.41) is 0. The standard InChI is InChI=1S/C38H63NO10/c1-2-3-4-5-6-7-10-35-13-15-36(16-14-35)48-33-31-46-29-27-44-25-23-42-21-19-40-17-18-41-20-22-43-24-26-45-28-30-47-32-34-49-38-12-9-8-11-37(38)39/h8-9,11-16H,2-7,10,17-34,39H2,1H3. The minimum absolute atomic E-state index is 0.441. The smallest absolute Gasteiger partial charge is 0.142 e. The van der Waals surface area contributed by atoms with Crippen molar-refractivity contribution in [2.24, 2.45) is 0 Å². The normalized spacial score (nSPS) is 11.3. The first-order chi connectivity index (χ1) is 24.3. The third-order valence-corrected chi connectivity index (χ3v) is 7.25. The number of hydrogen-bond donors (Lipinski definition) is 1. The van der Waals surface area contributed by atoms with Gasteiger partial charge in [0, 0.05) is 0 Å². The Morgan fingerprint density at radius 1 is 0.408 bits per heavy atom. The van der Waals surface area contributed by atoms with Gasteiger partial charge in [-0.15, -0.1) is 0 Å². The van der Waals surface area contributed by atoms with Crippen LogP contribution in [-0.4, -0.2) is 119 Å². The first-order valence-corrected chi connectivity index (χ1v) is 18.1. The molecule has 0 radical (unpaired) electrons. The Kier molecular flexibility index (Phi) is 28.5. The van der Waals surface area contributed by atoms with Crippen molar-refractivity contribution in [1.82, 2.24) is 0 Å². The fourth-order valence-corrected chi connectivity index (χ4v) is 4.54. The van der Waals surface area contributed by atoms with E-state index in [4.69, 9.17) is 53.1 Å². The van der Waals surface area contributed by atoms with Crippen molar-refractivity contribution < 1.29 is 47.4 Å². The minimum Gasteiger partial charge on any atom is -0.491 e. The zero-order chi connectivity index (χ0) is 34.7. The molecule has 0 saturated carbocycles. The fraction of sp³-hybridized carbons (Fsp3) is 0.684. The predicted octanol–water partition coefficient (Wildman–Crippen LogP) is 5.76. The molecule has 0 aliphatic carbocycles. The molecular formula is C38H63NO10. The van der Waals surface area contributed by atoms with E-state index in [-0.39, 0.29) is 0 Å². The lowest BCUT2D eigenvalue weighted by atomic mass is 10.0. The zero-order valence-electron chi connectivity index (χ0n) is 30.0. The molecule has 2 aromatic carbocycles. The molecule has 2 rings (SSSR count). The van der Waals surface area contributed by atoms with Crippen LogP contribution in [0.5, 0.6) is 11.5 Å². The highest BCUT2D eigenvalue weighted by Crippen LogP contribution is 2.19. The Labute approximate surface area is 294 Å². The molecule has 0 spiro atoms. The van der Waals surface area contributed by atoms with Gasteiger partial charge in [-0.3, -0.25) is 0 Å². The molecule has 11 heteroatoms. The minimum atomic E-state index is 0.441. The van der Waals surface area contributed by atoms with E-state index in [2.05, 4.69) is 31.2 Å². The Hall–Kier alpha value is -2.48.